The summed E-state index contributed by atoms with van der Waals surface area (Å²) in [5.41, 5.74) is 1.24. The maximum atomic E-state index is 11.7. The standard InChI is InChI=1S/C13H19N3O3/c1-8(2)7-11(12(17)18)16-13(19)15-10-5-4-6-14-9(10)3/h4-6,8,11H,7H2,1-3H3,(H,17,18)(H2,15,16,19)/t11-/m0/s1. The lowest BCUT2D eigenvalue weighted by molar-refractivity contribution is -0.139. The molecule has 0 fully saturated rings. The molecule has 6 nitrogen and oxygen atoms in total. The first-order chi connectivity index (χ1) is 8.90. The third-order valence-corrected chi connectivity index (χ3v) is 2.57. The molecular weight excluding hydrogens is 246 g/mol. The van der Waals surface area contributed by atoms with E-state index in [9.17, 15) is 9.59 Å². The summed E-state index contributed by atoms with van der Waals surface area (Å²) in [6.45, 7) is 5.57. The lowest BCUT2D eigenvalue weighted by Crippen LogP contribution is -2.43. The number of amides is 2. The van der Waals surface area contributed by atoms with Crippen molar-refractivity contribution < 1.29 is 14.7 Å². The second kappa shape index (κ2) is 6.72. The molecule has 0 aromatic carbocycles. The molecule has 1 heterocycles. The first-order valence-corrected chi connectivity index (χ1v) is 6.12. The van der Waals surface area contributed by atoms with Crippen LogP contribution in [0.5, 0.6) is 0 Å². The Balaban J connectivity index is 2.63. The zero-order valence-corrected chi connectivity index (χ0v) is 11.3. The molecule has 0 bridgehead atoms. The molecule has 2 amide bonds. The second-order valence-corrected chi connectivity index (χ2v) is 4.76. The van der Waals surface area contributed by atoms with Crippen molar-refractivity contribution in [3.05, 3.63) is 24.0 Å². The molecule has 0 unspecified atom stereocenters. The van der Waals surface area contributed by atoms with Gasteiger partial charge in [0.15, 0.2) is 0 Å². The molecule has 3 N–H and O–H groups in total. The van der Waals surface area contributed by atoms with Crippen LogP contribution in [0.3, 0.4) is 0 Å². The number of hydrogen-bond donors (Lipinski definition) is 3. The van der Waals surface area contributed by atoms with Gasteiger partial charge >= 0.3 is 12.0 Å². The quantitative estimate of drug-likeness (QED) is 0.759. The van der Waals surface area contributed by atoms with Crippen LogP contribution in [0.4, 0.5) is 10.5 Å². The number of rotatable bonds is 5. The number of carboxylic acids is 1. The predicted octanol–water partition coefficient (Wildman–Crippen LogP) is 2.01. The Hall–Kier alpha value is -2.11. The number of anilines is 1. The number of nitrogens with one attached hydrogen (secondary N) is 2. The smallest absolute Gasteiger partial charge is 0.326 e. The molecule has 1 rings (SSSR count). The van der Waals surface area contributed by atoms with E-state index >= 15 is 0 Å². The largest absolute Gasteiger partial charge is 0.480 e. The topological polar surface area (TPSA) is 91.3 Å². The van der Waals surface area contributed by atoms with Gasteiger partial charge in [0.05, 0.1) is 11.4 Å². The number of carboxylic acid groups (broad SMARTS) is 1. The summed E-state index contributed by atoms with van der Waals surface area (Å²) >= 11 is 0. The highest BCUT2D eigenvalue weighted by Crippen LogP contribution is 2.10. The van der Waals surface area contributed by atoms with Gasteiger partial charge in [-0.15, -0.1) is 0 Å². The summed E-state index contributed by atoms with van der Waals surface area (Å²) in [5.74, 6) is -0.853. The molecule has 0 aliphatic rings. The van der Waals surface area contributed by atoms with Gasteiger partial charge in [0.1, 0.15) is 6.04 Å². The Labute approximate surface area is 112 Å². The van der Waals surface area contributed by atoms with Crippen LogP contribution in [-0.2, 0) is 4.79 Å². The zero-order valence-electron chi connectivity index (χ0n) is 11.3. The molecule has 0 saturated heterocycles. The van der Waals surface area contributed by atoms with Crippen LogP contribution in [-0.4, -0.2) is 28.1 Å². The fraction of sp³-hybridized carbons (Fsp3) is 0.462. The van der Waals surface area contributed by atoms with Gasteiger partial charge in [-0.3, -0.25) is 4.98 Å². The minimum Gasteiger partial charge on any atom is -0.480 e. The lowest BCUT2D eigenvalue weighted by atomic mass is 10.0. The van der Waals surface area contributed by atoms with E-state index in [0.717, 1.165) is 0 Å². The third kappa shape index (κ3) is 4.95. The fourth-order valence-corrected chi connectivity index (χ4v) is 1.63. The molecule has 19 heavy (non-hydrogen) atoms. The highest BCUT2D eigenvalue weighted by Gasteiger charge is 2.21. The summed E-state index contributed by atoms with van der Waals surface area (Å²) in [6, 6.07) is 1.98. The second-order valence-electron chi connectivity index (χ2n) is 4.76. The molecule has 1 aromatic rings. The van der Waals surface area contributed by atoms with Crippen LogP contribution in [0.1, 0.15) is 26.0 Å². The molecule has 0 aliphatic heterocycles. The predicted molar refractivity (Wildman–Crippen MR) is 72.0 cm³/mol. The monoisotopic (exact) mass is 265 g/mol. The van der Waals surface area contributed by atoms with E-state index in [1.54, 1.807) is 25.3 Å². The van der Waals surface area contributed by atoms with Crippen molar-refractivity contribution in [1.82, 2.24) is 10.3 Å². The van der Waals surface area contributed by atoms with E-state index in [1.807, 2.05) is 13.8 Å². The molecule has 1 aromatic heterocycles. The normalized spacial score (nSPS) is 12.0. The van der Waals surface area contributed by atoms with Crippen LogP contribution in [0.15, 0.2) is 18.3 Å². The Bertz CT molecular complexity index is 460. The minimum absolute atomic E-state index is 0.182. The van der Waals surface area contributed by atoms with E-state index in [4.69, 9.17) is 5.11 Å². The first-order valence-electron chi connectivity index (χ1n) is 6.12. The number of aryl methyl sites for hydroxylation is 1. The van der Waals surface area contributed by atoms with Gasteiger partial charge in [0, 0.05) is 6.20 Å². The average molecular weight is 265 g/mol. The van der Waals surface area contributed by atoms with E-state index in [-0.39, 0.29) is 5.92 Å². The summed E-state index contributed by atoms with van der Waals surface area (Å²) in [4.78, 5) is 26.8. The molecule has 0 spiro atoms. The number of nitrogens with zero attached hydrogens (tertiary/aromatic N) is 1. The lowest BCUT2D eigenvalue weighted by Gasteiger charge is -2.17. The van der Waals surface area contributed by atoms with Gasteiger partial charge in [-0.25, -0.2) is 9.59 Å². The van der Waals surface area contributed by atoms with E-state index in [1.165, 1.54) is 0 Å². The minimum atomic E-state index is -1.04. The van der Waals surface area contributed by atoms with Crippen LogP contribution >= 0.6 is 0 Å². The number of aliphatic carboxylic acids is 1. The SMILES string of the molecule is Cc1ncccc1NC(=O)N[C@@H](CC(C)C)C(=O)O. The van der Waals surface area contributed by atoms with Gasteiger partial charge in [-0.2, -0.15) is 0 Å². The molecule has 1 atom stereocenters. The summed E-state index contributed by atoms with van der Waals surface area (Å²) in [6.07, 6.45) is 2.01. The van der Waals surface area contributed by atoms with Crippen molar-refractivity contribution >= 4 is 17.7 Å². The fourth-order valence-electron chi connectivity index (χ4n) is 1.63. The third-order valence-electron chi connectivity index (χ3n) is 2.57. The number of aromatic nitrogens is 1. The summed E-state index contributed by atoms with van der Waals surface area (Å²) < 4.78 is 0. The maximum absolute atomic E-state index is 11.7. The Kier molecular flexibility index (Phi) is 5.29. The number of pyridine rings is 1. The van der Waals surface area contributed by atoms with Gasteiger partial charge in [-0.05, 0) is 31.4 Å². The van der Waals surface area contributed by atoms with E-state index in [2.05, 4.69) is 15.6 Å². The molecule has 0 saturated carbocycles. The molecule has 0 aliphatic carbocycles. The number of urea groups is 1. The Morgan fingerprint density at radius 3 is 2.63 bits per heavy atom. The molecule has 0 radical (unpaired) electrons. The van der Waals surface area contributed by atoms with Gasteiger partial charge < -0.3 is 15.7 Å². The maximum Gasteiger partial charge on any atom is 0.326 e. The van der Waals surface area contributed by atoms with Crippen LogP contribution in [0.2, 0.25) is 0 Å². The summed E-state index contributed by atoms with van der Waals surface area (Å²) in [5, 5.41) is 14.1. The first kappa shape index (κ1) is 14.9. The number of hydrogen-bond acceptors (Lipinski definition) is 3. The van der Waals surface area contributed by atoms with Crippen molar-refractivity contribution in [3.8, 4) is 0 Å². The highest BCUT2D eigenvalue weighted by atomic mass is 16.4. The summed E-state index contributed by atoms with van der Waals surface area (Å²) in [7, 11) is 0. The average Bonchev–Trinajstić information content (AvgIpc) is 2.30. The van der Waals surface area contributed by atoms with Gasteiger partial charge in [0.2, 0.25) is 0 Å². The van der Waals surface area contributed by atoms with Crippen LogP contribution in [0.25, 0.3) is 0 Å². The van der Waals surface area contributed by atoms with Gasteiger partial charge in [-0.1, -0.05) is 13.8 Å². The van der Waals surface area contributed by atoms with Crippen LogP contribution in [0, 0.1) is 12.8 Å². The zero-order chi connectivity index (χ0) is 14.4. The van der Waals surface area contributed by atoms with Crippen molar-refractivity contribution in [1.29, 1.82) is 0 Å². The molecule has 6 heteroatoms. The van der Waals surface area contributed by atoms with E-state index in [0.29, 0.717) is 17.8 Å². The molecule has 104 valence electrons. The van der Waals surface area contributed by atoms with Crippen LogP contribution < -0.4 is 10.6 Å². The number of carbonyl (C=O) groups is 2. The van der Waals surface area contributed by atoms with E-state index < -0.39 is 18.0 Å². The Morgan fingerprint density at radius 2 is 2.11 bits per heavy atom. The Morgan fingerprint density at radius 1 is 1.42 bits per heavy atom. The van der Waals surface area contributed by atoms with Gasteiger partial charge in [0.25, 0.3) is 0 Å². The van der Waals surface area contributed by atoms with Crippen molar-refractivity contribution in [2.75, 3.05) is 5.32 Å². The van der Waals surface area contributed by atoms with Crippen molar-refractivity contribution in [3.63, 3.8) is 0 Å². The van der Waals surface area contributed by atoms with Crippen molar-refractivity contribution in [2.24, 2.45) is 5.92 Å². The van der Waals surface area contributed by atoms with Crippen molar-refractivity contribution in [2.45, 2.75) is 33.2 Å². The molecular formula is C13H19N3O3. The number of carbonyl (C=O) groups excluding carboxylic acids is 1. The highest BCUT2D eigenvalue weighted by molar-refractivity contribution is 5.92.